The summed E-state index contributed by atoms with van der Waals surface area (Å²) in [5, 5.41) is 0.0481. The van der Waals surface area contributed by atoms with Gasteiger partial charge in [-0.2, -0.15) is 0 Å². The number of carbonyl (C=O) groups excluding carboxylic acids is 2. The first kappa shape index (κ1) is 13.6. The first-order valence-electron chi connectivity index (χ1n) is 5.20. The number of nitrogens with two attached hydrogens (primary N) is 1. The van der Waals surface area contributed by atoms with E-state index in [1.165, 1.54) is 6.92 Å². The number of thioether (sulfide) groups is 1. The van der Waals surface area contributed by atoms with Gasteiger partial charge in [-0.25, -0.2) is 0 Å². The monoisotopic (exact) mass is 252 g/mol. The molecule has 1 rings (SSSR count). The van der Waals surface area contributed by atoms with E-state index in [0.29, 0.717) is 5.56 Å². The average molecular weight is 252 g/mol. The Hall–Kier alpha value is -1.49. The predicted octanol–water partition coefficient (Wildman–Crippen LogP) is 1.85. The summed E-state index contributed by atoms with van der Waals surface area (Å²) in [6, 6.07) is 6.71. The summed E-state index contributed by atoms with van der Waals surface area (Å²) in [4.78, 5) is 24.2. The predicted molar refractivity (Wildman–Crippen MR) is 71.1 cm³/mol. The van der Waals surface area contributed by atoms with Crippen LogP contribution in [0.1, 0.15) is 24.2 Å². The summed E-state index contributed by atoms with van der Waals surface area (Å²) in [5.74, 6) is -0.498. The molecule has 1 unspecified atom stereocenters. The van der Waals surface area contributed by atoms with E-state index in [2.05, 4.69) is 0 Å². The minimum Gasteiger partial charge on any atom is -0.366 e. The molecule has 2 amide bonds. The molecule has 0 radical (unpaired) electrons. The third-order valence-corrected chi connectivity index (χ3v) is 3.37. The SMILES string of the molecule is CSC(C)N(C(C)=O)c1ccc(C(N)=O)cc1. The van der Waals surface area contributed by atoms with Crippen molar-refractivity contribution in [3.63, 3.8) is 0 Å². The molecular weight excluding hydrogens is 236 g/mol. The van der Waals surface area contributed by atoms with Gasteiger partial charge in [-0.1, -0.05) is 0 Å². The standard InChI is InChI=1S/C12H16N2O2S/c1-8(15)14(9(2)17-3)11-6-4-10(5-7-11)12(13)16/h4-7,9H,1-3H3,(H2,13,16). The van der Waals surface area contributed by atoms with Gasteiger partial charge in [-0.15, -0.1) is 11.8 Å². The minimum atomic E-state index is -0.469. The van der Waals surface area contributed by atoms with Crippen LogP contribution >= 0.6 is 11.8 Å². The first-order chi connectivity index (χ1) is 7.97. The van der Waals surface area contributed by atoms with Crippen LogP contribution in [-0.2, 0) is 4.79 Å². The molecule has 0 aliphatic carbocycles. The number of anilines is 1. The van der Waals surface area contributed by atoms with E-state index in [4.69, 9.17) is 5.73 Å². The van der Waals surface area contributed by atoms with E-state index in [9.17, 15) is 9.59 Å². The Morgan fingerprint density at radius 2 is 1.82 bits per heavy atom. The highest BCUT2D eigenvalue weighted by Crippen LogP contribution is 2.22. The fourth-order valence-corrected chi connectivity index (χ4v) is 2.02. The van der Waals surface area contributed by atoms with Crippen molar-refractivity contribution in [2.75, 3.05) is 11.2 Å². The molecule has 0 aliphatic heterocycles. The van der Waals surface area contributed by atoms with Crippen molar-refractivity contribution in [2.45, 2.75) is 19.2 Å². The molecule has 1 aromatic carbocycles. The van der Waals surface area contributed by atoms with Gasteiger partial charge < -0.3 is 10.6 Å². The number of hydrogen-bond donors (Lipinski definition) is 1. The molecule has 0 aromatic heterocycles. The lowest BCUT2D eigenvalue weighted by atomic mass is 10.2. The van der Waals surface area contributed by atoms with Crippen molar-refractivity contribution in [3.05, 3.63) is 29.8 Å². The zero-order valence-electron chi connectivity index (χ0n) is 10.1. The van der Waals surface area contributed by atoms with Crippen LogP contribution in [0.5, 0.6) is 0 Å². The Kier molecular flexibility index (Phi) is 4.57. The van der Waals surface area contributed by atoms with Crippen LogP contribution in [0, 0.1) is 0 Å². The lowest BCUT2D eigenvalue weighted by Crippen LogP contribution is -2.34. The summed E-state index contributed by atoms with van der Waals surface area (Å²) < 4.78 is 0. The van der Waals surface area contributed by atoms with Crippen molar-refractivity contribution in [2.24, 2.45) is 5.73 Å². The Bertz CT molecular complexity index is 417. The molecule has 0 saturated heterocycles. The summed E-state index contributed by atoms with van der Waals surface area (Å²) in [5.41, 5.74) is 6.37. The van der Waals surface area contributed by atoms with Gasteiger partial charge >= 0.3 is 0 Å². The quantitative estimate of drug-likeness (QED) is 0.832. The summed E-state index contributed by atoms with van der Waals surface area (Å²) in [6.07, 6.45) is 1.94. The van der Waals surface area contributed by atoms with Crippen molar-refractivity contribution in [1.82, 2.24) is 0 Å². The van der Waals surface area contributed by atoms with Crippen LogP contribution in [0.3, 0.4) is 0 Å². The van der Waals surface area contributed by atoms with Gasteiger partial charge in [-0.3, -0.25) is 9.59 Å². The molecule has 0 spiro atoms. The van der Waals surface area contributed by atoms with Crippen molar-refractivity contribution in [3.8, 4) is 0 Å². The Balaban J connectivity index is 3.03. The van der Waals surface area contributed by atoms with Gasteiger partial charge in [0.2, 0.25) is 11.8 Å². The van der Waals surface area contributed by atoms with Crippen LogP contribution in [0.2, 0.25) is 0 Å². The zero-order chi connectivity index (χ0) is 13.0. The van der Waals surface area contributed by atoms with Crippen LogP contribution in [0.25, 0.3) is 0 Å². The molecule has 0 heterocycles. The van der Waals surface area contributed by atoms with Gasteiger partial charge in [0.05, 0.1) is 5.37 Å². The van der Waals surface area contributed by atoms with Gasteiger partial charge in [0.25, 0.3) is 0 Å². The second-order valence-corrected chi connectivity index (χ2v) is 4.79. The highest BCUT2D eigenvalue weighted by Gasteiger charge is 2.17. The number of amides is 2. The largest absolute Gasteiger partial charge is 0.366 e. The molecule has 2 N–H and O–H groups in total. The van der Waals surface area contributed by atoms with Gasteiger partial charge in [0, 0.05) is 18.2 Å². The fourth-order valence-electron chi connectivity index (χ4n) is 1.54. The number of nitrogens with zero attached hydrogens (tertiary/aromatic N) is 1. The van der Waals surface area contributed by atoms with Crippen LogP contribution < -0.4 is 10.6 Å². The van der Waals surface area contributed by atoms with Crippen LogP contribution in [0.15, 0.2) is 24.3 Å². The van der Waals surface area contributed by atoms with Crippen molar-refractivity contribution in [1.29, 1.82) is 0 Å². The smallest absolute Gasteiger partial charge is 0.248 e. The first-order valence-corrected chi connectivity index (χ1v) is 6.48. The molecule has 1 aromatic rings. The molecular formula is C12H16N2O2S. The number of benzene rings is 1. The highest BCUT2D eigenvalue weighted by atomic mass is 32.2. The Morgan fingerprint density at radius 3 is 2.18 bits per heavy atom. The Morgan fingerprint density at radius 1 is 1.29 bits per heavy atom. The van der Waals surface area contributed by atoms with Crippen molar-refractivity contribution < 1.29 is 9.59 Å². The zero-order valence-corrected chi connectivity index (χ0v) is 11.0. The van der Waals surface area contributed by atoms with E-state index in [1.807, 2.05) is 13.2 Å². The molecule has 0 bridgehead atoms. The summed E-state index contributed by atoms with van der Waals surface area (Å²) in [7, 11) is 0. The lowest BCUT2D eigenvalue weighted by molar-refractivity contribution is -0.116. The minimum absolute atomic E-state index is 0.0290. The third kappa shape index (κ3) is 3.23. The molecule has 92 valence electrons. The average Bonchev–Trinajstić information content (AvgIpc) is 2.29. The second kappa shape index (κ2) is 5.72. The topological polar surface area (TPSA) is 63.4 Å². The maximum atomic E-state index is 11.6. The van der Waals surface area contributed by atoms with E-state index < -0.39 is 5.91 Å². The molecule has 17 heavy (non-hydrogen) atoms. The maximum Gasteiger partial charge on any atom is 0.248 e. The van der Waals surface area contributed by atoms with E-state index in [1.54, 1.807) is 40.9 Å². The van der Waals surface area contributed by atoms with E-state index in [0.717, 1.165) is 5.69 Å². The third-order valence-electron chi connectivity index (χ3n) is 2.47. The number of primary amides is 1. The number of rotatable bonds is 4. The molecule has 4 nitrogen and oxygen atoms in total. The fraction of sp³-hybridized carbons (Fsp3) is 0.333. The Labute approximate surface area is 105 Å². The molecule has 0 fully saturated rings. The van der Waals surface area contributed by atoms with Crippen LogP contribution in [-0.4, -0.2) is 23.4 Å². The summed E-state index contributed by atoms with van der Waals surface area (Å²) >= 11 is 1.58. The number of hydrogen-bond acceptors (Lipinski definition) is 3. The van der Waals surface area contributed by atoms with Gasteiger partial charge in [0.1, 0.15) is 0 Å². The summed E-state index contributed by atoms with van der Waals surface area (Å²) in [6.45, 7) is 3.47. The maximum absolute atomic E-state index is 11.6. The molecule has 5 heteroatoms. The highest BCUT2D eigenvalue weighted by molar-refractivity contribution is 7.99. The van der Waals surface area contributed by atoms with Gasteiger partial charge in [0.15, 0.2) is 0 Å². The van der Waals surface area contributed by atoms with E-state index in [-0.39, 0.29) is 11.3 Å². The van der Waals surface area contributed by atoms with Gasteiger partial charge in [-0.05, 0) is 37.4 Å². The van der Waals surface area contributed by atoms with E-state index >= 15 is 0 Å². The molecule has 0 saturated carbocycles. The van der Waals surface area contributed by atoms with Crippen LogP contribution in [0.4, 0.5) is 5.69 Å². The lowest BCUT2D eigenvalue weighted by Gasteiger charge is -2.26. The molecule has 0 aliphatic rings. The molecule has 1 atom stereocenters. The number of carbonyl (C=O) groups is 2. The van der Waals surface area contributed by atoms with Crippen molar-refractivity contribution >= 4 is 29.3 Å². The normalized spacial score (nSPS) is 11.9. The second-order valence-electron chi connectivity index (χ2n) is 3.64.